The molecule has 18 heavy (non-hydrogen) atoms. The molecule has 3 nitrogen and oxygen atoms in total. The van der Waals surface area contributed by atoms with Crippen LogP contribution >= 0.6 is 0 Å². The van der Waals surface area contributed by atoms with Crippen LogP contribution in [0.25, 0.3) is 0 Å². The predicted octanol–water partition coefficient (Wildman–Crippen LogP) is 2.95. The van der Waals surface area contributed by atoms with E-state index >= 15 is 0 Å². The van der Waals surface area contributed by atoms with Gasteiger partial charge in [0.2, 0.25) is 5.92 Å². The van der Waals surface area contributed by atoms with Crippen LogP contribution in [0.5, 0.6) is 0 Å². The van der Waals surface area contributed by atoms with Crippen LogP contribution in [0.3, 0.4) is 0 Å². The highest BCUT2D eigenvalue weighted by molar-refractivity contribution is 5.11. The highest BCUT2D eigenvalue weighted by atomic mass is 19.3. The lowest BCUT2D eigenvalue weighted by Crippen LogP contribution is -2.23. The van der Waals surface area contributed by atoms with E-state index in [9.17, 15) is 8.78 Å². The molecule has 0 amide bonds. The average molecular weight is 255 g/mol. The van der Waals surface area contributed by atoms with Gasteiger partial charge in [0, 0.05) is 25.1 Å². The molecule has 0 aromatic carbocycles. The molecule has 2 atom stereocenters. The predicted molar refractivity (Wildman–Crippen MR) is 65.4 cm³/mol. The number of nitrogens with one attached hydrogen (secondary N) is 1. The number of nitrogens with zero attached hydrogens (tertiary/aromatic N) is 2. The van der Waals surface area contributed by atoms with Crippen molar-refractivity contribution >= 4 is 0 Å². The molecule has 1 aromatic rings. The lowest BCUT2D eigenvalue weighted by atomic mass is 9.94. The molecule has 1 aliphatic rings. The van der Waals surface area contributed by atoms with E-state index in [4.69, 9.17) is 0 Å². The van der Waals surface area contributed by atoms with E-state index in [1.165, 1.54) is 0 Å². The van der Waals surface area contributed by atoms with Crippen LogP contribution in [0.2, 0.25) is 0 Å². The lowest BCUT2D eigenvalue weighted by Gasteiger charge is -2.21. The maximum atomic E-state index is 13.2. The Morgan fingerprint density at radius 2 is 2.33 bits per heavy atom. The maximum absolute atomic E-state index is 13.2. The fourth-order valence-corrected chi connectivity index (χ4v) is 2.67. The van der Waals surface area contributed by atoms with E-state index in [0.29, 0.717) is 6.42 Å². The van der Waals surface area contributed by atoms with Crippen molar-refractivity contribution in [1.82, 2.24) is 15.5 Å². The zero-order chi connectivity index (χ0) is 13.0. The van der Waals surface area contributed by atoms with Crippen LogP contribution in [-0.4, -0.2) is 22.7 Å². The number of hydrogen-bond acceptors (Lipinski definition) is 3. The molecule has 1 fully saturated rings. The van der Waals surface area contributed by atoms with Crippen molar-refractivity contribution in [2.24, 2.45) is 5.92 Å². The molecule has 2 rings (SSSR count). The minimum absolute atomic E-state index is 0.0212. The molecule has 1 N–H and O–H groups in total. The molecule has 0 radical (unpaired) electrons. The van der Waals surface area contributed by atoms with Crippen molar-refractivity contribution in [2.45, 2.75) is 44.6 Å². The van der Waals surface area contributed by atoms with Gasteiger partial charge in [-0.25, -0.2) is 8.78 Å². The largest absolute Gasteiger partial charge is 0.310 e. The third kappa shape index (κ3) is 3.45. The summed E-state index contributed by atoms with van der Waals surface area (Å²) in [5.74, 6) is -2.37. The van der Waals surface area contributed by atoms with Gasteiger partial charge < -0.3 is 5.32 Å². The first-order valence-corrected chi connectivity index (χ1v) is 6.48. The van der Waals surface area contributed by atoms with E-state index in [1.54, 1.807) is 12.4 Å². The van der Waals surface area contributed by atoms with Crippen molar-refractivity contribution in [3.8, 4) is 0 Å². The quantitative estimate of drug-likeness (QED) is 0.879. The molecular weight excluding hydrogens is 236 g/mol. The molecule has 0 saturated heterocycles. The maximum Gasteiger partial charge on any atom is 0.248 e. The van der Waals surface area contributed by atoms with Crippen LogP contribution in [0.15, 0.2) is 18.5 Å². The summed E-state index contributed by atoms with van der Waals surface area (Å²) >= 11 is 0. The Balaban J connectivity index is 1.99. The van der Waals surface area contributed by atoms with Gasteiger partial charge in [0.25, 0.3) is 0 Å². The molecule has 0 bridgehead atoms. The Bertz CT molecular complexity index is 370. The second-order valence-electron chi connectivity index (χ2n) is 4.99. The molecule has 1 saturated carbocycles. The molecule has 2 unspecified atom stereocenters. The molecule has 1 aromatic heterocycles. The van der Waals surface area contributed by atoms with Crippen LogP contribution < -0.4 is 5.32 Å². The first-order valence-electron chi connectivity index (χ1n) is 6.48. The van der Waals surface area contributed by atoms with Gasteiger partial charge in [-0.3, -0.25) is 0 Å². The number of rotatable bonds is 5. The second kappa shape index (κ2) is 5.69. The van der Waals surface area contributed by atoms with Crippen LogP contribution in [0.4, 0.5) is 8.78 Å². The molecular formula is C13H19F2N3. The van der Waals surface area contributed by atoms with Crippen molar-refractivity contribution < 1.29 is 8.78 Å². The highest BCUT2D eigenvalue weighted by Crippen LogP contribution is 2.42. The number of aromatic nitrogens is 2. The molecule has 0 spiro atoms. The smallest absolute Gasteiger partial charge is 0.248 e. The summed E-state index contributed by atoms with van der Waals surface area (Å²) in [4.78, 5) is 0. The Kier molecular flexibility index (Phi) is 4.22. The summed E-state index contributed by atoms with van der Waals surface area (Å²) in [6.07, 6.45) is 4.77. The summed E-state index contributed by atoms with van der Waals surface area (Å²) < 4.78 is 26.4. The van der Waals surface area contributed by atoms with Gasteiger partial charge in [-0.2, -0.15) is 10.2 Å². The van der Waals surface area contributed by atoms with E-state index in [0.717, 1.165) is 18.5 Å². The van der Waals surface area contributed by atoms with Crippen molar-refractivity contribution in [3.63, 3.8) is 0 Å². The van der Waals surface area contributed by atoms with Crippen LogP contribution in [0, 0.1) is 5.92 Å². The van der Waals surface area contributed by atoms with Crippen LogP contribution in [0.1, 0.15) is 44.2 Å². The zero-order valence-corrected chi connectivity index (χ0v) is 10.6. The van der Waals surface area contributed by atoms with Gasteiger partial charge in [-0.05, 0) is 36.9 Å². The van der Waals surface area contributed by atoms with Gasteiger partial charge in [0.05, 0.1) is 6.20 Å². The monoisotopic (exact) mass is 255 g/mol. The van der Waals surface area contributed by atoms with Gasteiger partial charge in [-0.15, -0.1) is 0 Å². The zero-order valence-electron chi connectivity index (χ0n) is 10.6. The fraction of sp³-hybridized carbons (Fsp3) is 0.692. The summed E-state index contributed by atoms with van der Waals surface area (Å²) in [6.45, 7) is 2.83. The third-order valence-electron chi connectivity index (χ3n) is 3.53. The lowest BCUT2D eigenvalue weighted by molar-refractivity contribution is 0.00431. The van der Waals surface area contributed by atoms with Crippen molar-refractivity contribution in [2.75, 3.05) is 6.54 Å². The Labute approximate surface area is 106 Å². The van der Waals surface area contributed by atoms with Crippen LogP contribution in [-0.2, 0) is 0 Å². The molecule has 0 aliphatic heterocycles. The van der Waals surface area contributed by atoms with E-state index < -0.39 is 5.92 Å². The second-order valence-corrected chi connectivity index (χ2v) is 4.99. The average Bonchev–Trinajstić information content (AvgIpc) is 2.69. The molecule has 100 valence electrons. The first kappa shape index (κ1) is 13.3. The fourth-order valence-electron chi connectivity index (χ4n) is 2.67. The molecule has 1 aliphatic carbocycles. The Morgan fingerprint density at radius 3 is 2.89 bits per heavy atom. The minimum atomic E-state index is -2.46. The highest BCUT2D eigenvalue weighted by Gasteiger charge is 2.40. The van der Waals surface area contributed by atoms with Gasteiger partial charge >= 0.3 is 0 Å². The van der Waals surface area contributed by atoms with Gasteiger partial charge in [0.1, 0.15) is 0 Å². The Hall–Kier alpha value is -1.10. The van der Waals surface area contributed by atoms with Gasteiger partial charge in [-0.1, -0.05) is 6.92 Å². The molecule has 1 heterocycles. The normalized spacial score (nSPS) is 24.1. The standard InChI is InChI=1S/C13H19F2N3/c1-2-16-12(11-4-6-17-18-9-11)7-10-3-5-13(14,15)8-10/h4,6,9-10,12,16H,2-3,5,7-8H2,1H3. The summed E-state index contributed by atoms with van der Waals surface area (Å²) in [6, 6.07) is 2.00. The summed E-state index contributed by atoms with van der Waals surface area (Å²) in [5, 5.41) is 10.9. The SMILES string of the molecule is CCNC(CC1CCC(F)(F)C1)c1ccnnc1. The topological polar surface area (TPSA) is 37.8 Å². The third-order valence-corrected chi connectivity index (χ3v) is 3.53. The summed E-state index contributed by atoms with van der Waals surface area (Å²) in [7, 11) is 0. The minimum Gasteiger partial charge on any atom is -0.310 e. The Morgan fingerprint density at radius 1 is 1.50 bits per heavy atom. The van der Waals surface area contributed by atoms with E-state index in [1.807, 2.05) is 13.0 Å². The first-order chi connectivity index (χ1) is 8.61. The summed E-state index contributed by atoms with van der Waals surface area (Å²) in [5.41, 5.74) is 1.03. The number of halogens is 2. The van der Waals surface area contributed by atoms with Crippen molar-refractivity contribution in [3.05, 3.63) is 24.0 Å². The number of hydrogen-bond donors (Lipinski definition) is 1. The van der Waals surface area contributed by atoms with E-state index in [2.05, 4.69) is 15.5 Å². The van der Waals surface area contributed by atoms with E-state index in [-0.39, 0.29) is 24.8 Å². The van der Waals surface area contributed by atoms with Gasteiger partial charge in [0.15, 0.2) is 0 Å². The molecule has 5 heteroatoms. The van der Waals surface area contributed by atoms with Crippen molar-refractivity contribution in [1.29, 1.82) is 0 Å². The number of alkyl halides is 2.